The fraction of sp³-hybridized carbons (Fsp3) is 0.548. The summed E-state index contributed by atoms with van der Waals surface area (Å²) >= 11 is 0. The molecule has 1 aromatic carbocycles. The number of anilines is 1. The molecule has 44 heavy (non-hydrogen) atoms. The molecule has 0 unspecified atom stereocenters. The van der Waals surface area contributed by atoms with Crippen LogP contribution in [0.15, 0.2) is 36.5 Å². The number of guanidine groups is 1. The Labute approximate surface area is 257 Å². The second-order valence-corrected chi connectivity index (χ2v) is 13.1. The van der Waals surface area contributed by atoms with Gasteiger partial charge in [0.25, 0.3) is 5.69 Å². The van der Waals surface area contributed by atoms with Gasteiger partial charge in [-0.15, -0.1) is 4.90 Å². The summed E-state index contributed by atoms with van der Waals surface area (Å²) in [5.41, 5.74) is 0.315. The third-order valence-corrected chi connectivity index (χ3v) is 7.22. The molecule has 1 saturated heterocycles. The number of piperidine rings is 1. The highest BCUT2D eigenvalue weighted by Gasteiger charge is 2.37. The molecule has 2 aromatic rings. The van der Waals surface area contributed by atoms with Crippen LogP contribution in [0.4, 0.5) is 21.1 Å². The number of hydrogen-bond donors (Lipinski definition) is 1. The normalized spacial score (nSPS) is 15.7. The zero-order valence-electron chi connectivity index (χ0n) is 26.3. The summed E-state index contributed by atoms with van der Waals surface area (Å²) in [6.07, 6.45) is 1.80. The molecule has 0 aliphatic carbocycles. The lowest BCUT2D eigenvalue weighted by Gasteiger charge is -2.35. The number of benzene rings is 1. The third-order valence-electron chi connectivity index (χ3n) is 7.22. The Kier molecular flexibility index (Phi) is 9.65. The molecule has 13 nitrogen and oxygen atoms in total. The lowest BCUT2D eigenvalue weighted by Crippen LogP contribution is -2.53. The topological polar surface area (TPSA) is 151 Å². The molecule has 13 heteroatoms. The van der Waals surface area contributed by atoms with E-state index in [0.29, 0.717) is 42.7 Å². The van der Waals surface area contributed by atoms with Crippen LogP contribution >= 0.6 is 0 Å². The predicted octanol–water partition coefficient (Wildman–Crippen LogP) is 5.75. The minimum absolute atomic E-state index is 0.0227. The zero-order chi connectivity index (χ0) is 32.2. The lowest BCUT2D eigenvalue weighted by molar-refractivity contribution is -0.385. The lowest BCUT2D eigenvalue weighted by atomic mass is 9.97. The van der Waals surface area contributed by atoms with Gasteiger partial charge < -0.3 is 24.0 Å². The van der Waals surface area contributed by atoms with Gasteiger partial charge in [-0.1, -0.05) is 6.07 Å². The summed E-state index contributed by atoms with van der Waals surface area (Å²) in [5.74, 6) is 1.49. The number of pyridine rings is 1. The molecular weight excluding hydrogens is 568 g/mol. The van der Waals surface area contributed by atoms with Gasteiger partial charge in [-0.25, -0.2) is 14.6 Å². The number of imide groups is 1. The monoisotopic (exact) mass is 610 g/mol. The van der Waals surface area contributed by atoms with Crippen LogP contribution in [0, 0.1) is 21.4 Å². The Morgan fingerprint density at radius 3 is 2.18 bits per heavy atom. The number of ether oxygens (including phenoxy) is 3. The number of nitrogens with one attached hydrogen (secondary N) is 1. The Balaban J connectivity index is 1.36. The van der Waals surface area contributed by atoms with Crippen molar-refractivity contribution in [2.24, 2.45) is 5.92 Å². The quantitative estimate of drug-likeness (QED) is 0.192. The number of fused-ring (bicyclic) bond motifs is 1. The average Bonchev–Trinajstić information content (AvgIpc) is 2.94. The number of nitrogens with zero attached hydrogens (tertiary/aromatic N) is 5. The van der Waals surface area contributed by atoms with E-state index < -0.39 is 28.3 Å². The van der Waals surface area contributed by atoms with Crippen molar-refractivity contribution >= 4 is 29.7 Å². The number of carbonyl (C=O) groups excluding carboxylic acids is 2. The smallest absolute Gasteiger partial charge is 0.427 e. The van der Waals surface area contributed by atoms with Gasteiger partial charge in [0, 0.05) is 32.2 Å². The van der Waals surface area contributed by atoms with Crippen LogP contribution in [-0.4, -0.2) is 75.3 Å². The molecule has 2 aliphatic rings. The molecule has 2 aliphatic heterocycles. The van der Waals surface area contributed by atoms with Crippen LogP contribution in [0.3, 0.4) is 0 Å². The average molecular weight is 611 g/mol. The highest BCUT2D eigenvalue weighted by atomic mass is 16.6. The largest absolute Gasteiger partial charge is 0.493 e. The highest BCUT2D eigenvalue weighted by Crippen LogP contribution is 2.28. The van der Waals surface area contributed by atoms with E-state index in [4.69, 9.17) is 19.6 Å². The van der Waals surface area contributed by atoms with Crippen molar-refractivity contribution in [3.8, 4) is 5.75 Å². The van der Waals surface area contributed by atoms with E-state index >= 15 is 0 Å². The van der Waals surface area contributed by atoms with Gasteiger partial charge in [0.1, 0.15) is 29.0 Å². The summed E-state index contributed by atoms with van der Waals surface area (Å²) in [5, 5.41) is 19.7. The molecule has 1 N–H and O–H groups in total. The first-order valence-corrected chi connectivity index (χ1v) is 14.8. The number of hydrogen-bond acceptors (Lipinski definition) is 10. The molecule has 0 spiro atoms. The maximum atomic E-state index is 13.0. The van der Waals surface area contributed by atoms with Gasteiger partial charge in [-0.3, -0.25) is 15.5 Å². The first kappa shape index (κ1) is 32.5. The van der Waals surface area contributed by atoms with Gasteiger partial charge in [0.15, 0.2) is 0 Å². The molecule has 0 saturated carbocycles. The van der Waals surface area contributed by atoms with E-state index in [1.165, 1.54) is 12.3 Å². The van der Waals surface area contributed by atoms with Crippen molar-refractivity contribution < 1.29 is 28.7 Å². The Bertz CT molecular complexity index is 1350. The number of carbonyl (C=O) groups is 2. The predicted molar refractivity (Wildman–Crippen MR) is 164 cm³/mol. The van der Waals surface area contributed by atoms with E-state index in [1.807, 2.05) is 18.2 Å². The van der Waals surface area contributed by atoms with Gasteiger partial charge in [0.05, 0.1) is 11.5 Å². The number of rotatable bonds is 5. The summed E-state index contributed by atoms with van der Waals surface area (Å²) < 4.78 is 17.1. The number of amides is 2. The maximum Gasteiger partial charge on any atom is 0.427 e. The van der Waals surface area contributed by atoms with Gasteiger partial charge in [-0.05, 0) is 96.0 Å². The minimum Gasteiger partial charge on any atom is -0.493 e. The van der Waals surface area contributed by atoms with Crippen LogP contribution in [0.2, 0.25) is 0 Å². The molecule has 0 bridgehead atoms. The van der Waals surface area contributed by atoms with Crippen molar-refractivity contribution in [2.75, 3.05) is 31.1 Å². The molecule has 1 fully saturated rings. The van der Waals surface area contributed by atoms with Crippen molar-refractivity contribution in [3.63, 3.8) is 0 Å². The second-order valence-electron chi connectivity index (χ2n) is 13.1. The second kappa shape index (κ2) is 13.1. The molecule has 3 heterocycles. The van der Waals surface area contributed by atoms with Crippen LogP contribution in [-0.2, 0) is 22.4 Å². The Hall–Kier alpha value is -4.42. The molecule has 238 valence electrons. The summed E-state index contributed by atoms with van der Waals surface area (Å²) in [6.45, 7) is 13.0. The fourth-order valence-electron chi connectivity index (χ4n) is 5.02. The third kappa shape index (κ3) is 8.57. The molecule has 0 atom stereocenters. The molecule has 4 rings (SSSR count). The van der Waals surface area contributed by atoms with Crippen molar-refractivity contribution in [1.29, 1.82) is 5.41 Å². The maximum absolute atomic E-state index is 13.0. The fourth-order valence-corrected chi connectivity index (χ4v) is 5.02. The highest BCUT2D eigenvalue weighted by molar-refractivity contribution is 6.06. The zero-order valence-corrected chi connectivity index (χ0v) is 26.3. The van der Waals surface area contributed by atoms with E-state index in [-0.39, 0.29) is 11.6 Å². The molecule has 1 aromatic heterocycles. The molecule has 0 radical (unpaired) electrons. The van der Waals surface area contributed by atoms with E-state index in [0.717, 1.165) is 42.9 Å². The van der Waals surface area contributed by atoms with Crippen LogP contribution < -0.4 is 9.64 Å². The van der Waals surface area contributed by atoms with E-state index in [9.17, 15) is 19.7 Å². The summed E-state index contributed by atoms with van der Waals surface area (Å²) in [4.78, 5) is 45.2. The van der Waals surface area contributed by atoms with Crippen molar-refractivity contribution in [2.45, 2.75) is 78.6 Å². The first-order chi connectivity index (χ1) is 20.6. The van der Waals surface area contributed by atoms with E-state index in [2.05, 4.69) is 9.88 Å². The van der Waals surface area contributed by atoms with Crippen LogP contribution in [0.5, 0.6) is 5.75 Å². The van der Waals surface area contributed by atoms with E-state index in [1.54, 1.807) is 52.5 Å². The van der Waals surface area contributed by atoms with Crippen molar-refractivity contribution in [3.05, 3.63) is 57.8 Å². The molecular formula is C31H42N6O7. The number of aromatic nitrogens is 1. The minimum atomic E-state index is -0.963. The Morgan fingerprint density at radius 1 is 1.00 bits per heavy atom. The van der Waals surface area contributed by atoms with Gasteiger partial charge in [-0.2, -0.15) is 0 Å². The van der Waals surface area contributed by atoms with Crippen LogP contribution in [0.25, 0.3) is 0 Å². The standard InChI is InChI=1S/C31H42N6O7/c1-30(2,3)43-28(38)36(29(39)44-31(4,5)6)27(32)35-16-13-22-7-9-25(17-23(22)19-35)42-20-21-11-14-34(15-12-21)26-10-8-24(18-33-26)37(40)41/h7-10,17-18,21,32H,11-16,19-20H2,1-6H3. The summed E-state index contributed by atoms with van der Waals surface area (Å²) in [6, 6.07) is 9.08. The van der Waals surface area contributed by atoms with Crippen molar-refractivity contribution in [1.82, 2.24) is 14.8 Å². The number of nitro groups is 1. The van der Waals surface area contributed by atoms with Gasteiger partial charge in [0.2, 0.25) is 5.96 Å². The SMILES string of the molecule is CC(C)(C)OC(=O)N(C(=N)N1CCc2ccc(OCC3CCN(c4ccc([N+](=O)[O-])cn4)CC3)cc2C1)C(=O)OC(C)(C)C. The summed E-state index contributed by atoms with van der Waals surface area (Å²) in [7, 11) is 0. The Morgan fingerprint density at radius 2 is 1.64 bits per heavy atom. The van der Waals surface area contributed by atoms with Crippen LogP contribution in [0.1, 0.15) is 65.5 Å². The molecule has 2 amide bonds. The first-order valence-electron chi connectivity index (χ1n) is 14.8. The van der Waals surface area contributed by atoms with Gasteiger partial charge >= 0.3 is 12.2 Å².